The van der Waals surface area contributed by atoms with Gasteiger partial charge in [0.25, 0.3) is 0 Å². The number of hydrogen-bond acceptors (Lipinski definition) is 4. The number of carbonyl (C=O) groups is 1. The van der Waals surface area contributed by atoms with Gasteiger partial charge in [0.2, 0.25) is 0 Å². The Balaban J connectivity index is 2.54. The molecule has 0 atom stereocenters. The van der Waals surface area contributed by atoms with Gasteiger partial charge in [-0.3, -0.25) is 4.79 Å². The van der Waals surface area contributed by atoms with Crippen LogP contribution in [-0.4, -0.2) is 16.2 Å². The molecular formula is C28H40O4. The van der Waals surface area contributed by atoms with Crippen molar-refractivity contribution in [1.82, 2.24) is 0 Å². The van der Waals surface area contributed by atoms with E-state index in [1.807, 2.05) is 13.0 Å². The second-order valence-electron chi connectivity index (χ2n) is 8.76. The van der Waals surface area contributed by atoms with E-state index >= 15 is 0 Å². The summed E-state index contributed by atoms with van der Waals surface area (Å²) in [6.07, 6.45) is 15.6. The van der Waals surface area contributed by atoms with Gasteiger partial charge < -0.3 is 14.9 Å². The topological polar surface area (TPSA) is 66.8 Å². The number of esters is 1. The van der Waals surface area contributed by atoms with Crippen LogP contribution in [0.5, 0.6) is 17.2 Å². The van der Waals surface area contributed by atoms with Gasteiger partial charge in [0.15, 0.2) is 11.5 Å². The number of phenols is 2. The van der Waals surface area contributed by atoms with E-state index in [0.717, 1.165) is 38.5 Å². The van der Waals surface area contributed by atoms with Crippen LogP contribution in [-0.2, 0) is 11.2 Å². The van der Waals surface area contributed by atoms with Crippen LogP contribution in [0.2, 0.25) is 0 Å². The van der Waals surface area contributed by atoms with Crippen molar-refractivity contribution in [2.75, 3.05) is 0 Å². The molecule has 0 heterocycles. The van der Waals surface area contributed by atoms with Crippen molar-refractivity contribution in [2.45, 2.75) is 86.5 Å². The highest BCUT2D eigenvalue weighted by Crippen LogP contribution is 2.37. The van der Waals surface area contributed by atoms with Gasteiger partial charge in [-0.25, -0.2) is 0 Å². The van der Waals surface area contributed by atoms with Gasteiger partial charge in [-0.05, 0) is 91.7 Å². The molecule has 0 bridgehead atoms. The van der Waals surface area contributed by atoms with Gasteiger partial charge in [-0.15, -0.1) is 0 Å². The number of benzene rings is 1. The van der Waals surface area contributed by atoms with E-state index in [1.54, 1.807) is 0 Å². The Morgan fingerprint density at radius 3 is 1.72 bits per heavy atom. The fraction of sp³-hybridized carbons (Fsp3) is 0.464. The molecule has 0 aliphatic heterocycles. The van der Waals surface area contributed by atoms with Crippen LogP contribution in [0.15, 0.2) is 58.7 Å². The van der Waals surface area contributed by atoms with Crippen molar-refractivity contribution in [3.63, 3.8) is 0 Å². The predicted molar refractivity (Wildman–Crippen MR) is 133 cm³/mol. The number of hydrogen-bond donors (Lipinski definition) is 2. The minimum Gasteiger partial charge on any atom is -0.508 e. The molecule has 0 amide bonds. The third-order valence-corrected chi connectivity index (χ3v) is 5.27. The molecule has 0 unspecified atom stereocenters. The van der Waals surface area contributed by atoms with E-state index in [2.05, 4.69) is 45.9 Å². The summed E-state index contributed by atoms with van der Waals surface area (Å²) in [7, 11) is 0. The van der Waals surface area contributed by atoms with Crippen molar-refractivity contribution >= 4 is 5.97 Å². The molecule has 0 aromatic heterocycles. The molecule has 1 aromatic rings. The Morgan fingerprint density at radius 2 is 1.22 bits per heavy atom. The van der Waals surface area contributed by atoms with Crippen LogP contribution >= 0.6 is 0 Å². The summed E-state index contributed by atoms with van der Waals surface area (Å²) in [4.78, 5) is 11.3. The van der Waals surface area contributed by atoms with Crippen molar-refractivity contribution in [2.24, 2.45) is 0 Å². The molecule has 32 heavy (non-hydrogen) atoms. The van der Waals surface area contributed by atoms with Crippen molar-refractivity contribution < 1.29 is 19.7 Å². The molecule has 2 N–H and O–H groups in total. The summed E-state index contributed by atoms with van der Waals surface area (Å²) in [6, 6.07) is 2.73. The van der Waals surface area contributed by atoms with E-state index < -0.39 is 5.97 Å². The fourth-order valence-electron chi connectivity index (χ4n) is 3.32. The summed E-state index contributed by atoms with van der Waals surface area (Å²) in [5, 5.41) is 20.1. The second kappa shape index (κ2) is 14.3. The zero-order valence-corrected chi connectivity index (χ0v) is 20.6. The maximum atomic E-state index is 11.3. The summed E-state index contributed by atoms with van der Waals surface area (Å²) in [6.45, 7) is 12.0. The molecule has 4 nitrogen and oxygen atoms in total. The lowest BCUT2D eigenvalue weighted by Crippen LogP contribution is -2.04. The zero-order chi connectivity index (χ0) is 24.1. The number of phenolic OH excluding ortho intramolecular Hbond substituents is 2. The lowest BCUT2D eigenvalue weighted by molar-refractivity contribution is -0.132. The third kappa shape index (κ3) is 11.0. The highest BCUT2D eigenvalue weighted by molar-refractivity contribution is 5.72. The number of ether oxygens (including phenoxy) is 1. The summed E-state index contributed by atoms with van der Waals surface area (Å²) in [5.74, 6) is -0.658. The number of carbonyl (C=O) groups excluding carboxylic acids is 1. The van der Waals surface area contributed by atoms with E-state index in [1.165, 1.54) is 41.3 Å². The lowest BCUT2D eigenvalue weighted by Gasteiger charge is -2.11. The largest absolute Gasteiger partial charge is 0.508 e. The van der Waals surface area contributed by atoms with E-state index in [-0.39, 0.29) is 17.2 Å². The van der Waals surface area contributed by atoms with Crippen LogP contribution in [0.4, 0.5) is 0 Å². The quantitative estimate of drug-likeness (QED) is 0.151. The molecule has 176 valence electrons. The first-order valence-corrected chi connectivity index (χ1v) is 11.4. The molecule has 0 spiro atoms. The molecule has 4 heteroatoms. The Kier molecular flexibility index (Phi) is 12.2. The van der Waals surface area contributed by atoms with Gasteiger partial charge in [-0.2, -0.15) is 0 Å². The van der Waals surface area contributed by atoms with E-state index in [0.29, 0.717) is 12.0 Å². The number of rotatable bonds is 12. The van der Waals surface area contributed by atoms with Gasteiger partial charge in [-0.1, -0.05) is 46.6 Å². The van der Waals surface area contributed by atoms with Crippen LogP contribution in [0, 0.1) is 0 Å². The molecule has 1 aromatic carbocycles. The Hall–Kier alpha value is -2.75. The minimum absolute atomic E-state index is 0.00281. The van der Waals surface area contributed by atoms with Crippen LogP contribution in [0.1, 0.15) is 85.6 Å². The molecule has 0 saturated carbocycles. The van der Waals surface area contributed by atoms with Gasteiger partial charge in [0.05, 0.1) is 0 Å². The molecule has 0 radical (unpaired) electrons. The minimum atomic E-state index is -0.536. The molecular weight excluding hydrogens is 400 g/mol. The van der Waals surface area contributed by atoms with Crippen molar-refractivity contribution in [1.29, 1.82) is 0 Å². The summed E-state index contributed by atoms with van der Waals surface area (Å²) >= 11 is 0. The highest BCUT2D eigenvalue weighted by Gasteiger charge is 2.15. The first-order valence-electron chi connectivity index (χ1n) is 11.4. The number of allylic oxidation sites excluding steroid dienone is 8. The summed E-state index contributed by atoms with van der Waals surface area (Å²) in [5.41, 5.74) is 5.83. The summed E-state index contributed by atoms with van der Waals surface area (Å²) < 4.78 is 5.09. The predicted octanol–water partition coefficient (Wildman–Crippen LogP) is 7.71. The standard InChI is InChI=1S/C28H40O4/c1-20(2)10-7-11-21(3)12-8-13-22(4)14-9-15-23(5)16-17-25-26(30)18-19-27(31)28(25)32-24(6)29/h10,12,14,16,18-19,30-31H,7-9,11,13,15,17H2,1-6H3/b21-12+,22-14+,23-16+. The SMILES string of the molecule is CC(=O)Oc1c(O)ccc(O)c1C/C=C(\C)CC/C=C(\C)CC/C=C(\C)CCC=C(C)C. The lowest BCUT2D eigenvalue weighted by atomic mass is 10.0. The second-order valence-corrected chi connectivity index (χ2v) is 8.76. The first kappa shape index (κ1) is 27.3. The molecule has 0 aliphatic carbocycles. The molecule has 0 aliphatic rings. The fourth-order valence-corrected chi connectivity index (χ4v) is 3.32. The normalized spacial score (nSPS) is 12.6. The monoisotopic (exact) mass is 440 g/mol. The van der Waals surface area contributed by atoms with Crippen LogP contribution in [0.3, 0.4) is 0 Å². The average Bonchev–Trinajstić information content (AvgIpc) is 2.69. The van der Waals surface area contributed by atoms with Crippen LogP contribution in [0.25, 0.3) is 0 Å². The zero-order valence-electron chi connectivity index (χ0n) is 20.6. The maximum Gasteiger partial charge on any atom is 0.308 e. The van der Waals surface area contributed by atoms with Crippen molar-refractivity contribution in [3.8, 4) is 17.2 Å². The Morgan fingerprint density at radius 1 is 0.750 bits per heavy atom. The van der Waals surface area contributed by atoms with Crippen molar-refractivity contribution in [3.05, 3.63) is 64.3 Å². The smallest absolute Gasteiger partial charge is 0.308 e. The number of aromatic hydroxyl groups is 2. The van der Waals surface area contributed by atoms with Crippen LogP contribution < -0.4 is 4.74 Å². The average molecular weight is 441 g/mol. The molecule has 1 rings (SSSR count). The van der Waals surface area contributed by atoms with Gasteiger partial charge in [0.1, 0.15) is 5.75 Å². The maximum absolute atomic E-state index is 11.3. The van der Waals surface area contributed by atoms with Gasteiger partial charge >= 0.3 is 5.97 Å². The molecule has 0 fully saturated rings. The first-order chi connectivity index (χ1) is 15.1. The highest BCUT2D eigenvalue weighted by atomic mass is 16.5. The third-order valence-electron chi connectivity index (χ3n) is 5.27. The Bertz CT molecular complexity index is 881. The molecule has 0 saturated heterocycles. The Labute approximate surface area is 194 Å². The van der Waals surface area contributed by atoms with E-state index in [9.17, 15) is 15.0 Å². The van der Waals surface area contributed by atoms with E-state index in [4.69, 9.17) is 4.74 Å². The van der Waals surface area contributed by atoms with Gasteiger partial charge in [0, 0.05) is 12.5 Å².